The fourth-order valence-corrected chi connectivity index (χ4v) is 3.63. The number of anilines is 1. The molecule has 6 heteroatoms. The van der Waals surface area contributed by atoms with E-state index < -0.39 is 0 Å². The molecular weight excluding hydrogens is 338 g/mol. The van der Waals surface area contributed by atoms with Crippen molar-refractivity contribution in [1.82, 2.24) is 20.2 Å². The van der Waals surface area contributed by atoms with Gasteiger partial charge >= 0.3 is 6.03 Å². The third kappa shape index (κ3) is 4.56. The normalized spacial score (nSPS) is 17.6. The van der Waals surface area contributed by atoms with Crippen molar-refractivity contribution in [1.29, 1.82) is 0 Å². The lowest BCUT2D eigenvalue weighted by atomic mass is 10.1. The molecule has 0 aromatic carbocycles. The molecule has 0 atom stereocenters. The lowest BCUT2D eigenvalue weighted by Crippen LogP contribution is -2.49. The number of piperidine rings is 1. The zero-order valence-electron chi connectivity index (χ0n) is 15.8. The molecule has 0 unspecified atom stereocenters. The Hall–Kier alpha value is -2.63. The molecular formula is C21H27N5O. The van der Waals surface area contributed by atoms with E-state index >= 15 is 0 Å². The second-order valence-corrected chi connectivity index (χ2v) is 7.53. The molecule has 1 aliphatic carbocycles. The van der Waals surface area contributed by atoms with Gasteiger partial charge in [0.05, 0.1) is 12.2 Å². The summed E-state index contributed by atoms with van der Waals surface area (Å²) < 4.78 is 0. The number of aryl methyl sites for hydroxylation is 1. The van der Waals surface area contributed by atoms with Crippen LogP contribution in [0.3, 0.4) is 0 Å². The first-order valence-corrected chi connectivity index (χ1v) is 9.85. The number of aromatic nitrogens is 2. The Bertz CT molecular complexity index is 769. The summed E-state index contributed by atoms with van der Waals surface area (Å²) in [6, 6.07) is 12.6. The van der Waals surface area contributed by atoms with E-state index in [-0.39, 0.29) is 12.1 Å². The maximum absolute atomic E-state index is 12.9. The number of pyridine rings is 2. The fourth-order valence-electron chi connectivity index (χ4n) is 3.63. The summed E-state index contributed by atoms with van der Waals surface area (Å²) in [4.78, 5) is 26.1. The third-order valence-electron chi connectivity index (χ3n) is 5.33. The van der Waals surface area contributed by atoms with Gasteiger partial charge in [-0.05, 0) is 56.9 Å². The van der Waals surface area contributed by atoms with E-state index in [4.69, 9.17) is 0 Å². The van der Waals surface area contributed by atoms with Gasteiger partial charge in [-0.3, -0.25) is 4.98 Å². The van der Waals surface area contributed by atoms with Gasteiger partial charge in [0.1, 0.15) is 5.82 Å². The van der Waals surface area contributed by atoms with Gasteiger partial charge in [-0.15, -0.1) is 0 Å². The van der Waals surface area contributed by atoms with Crippen molar-refractivity contribution in [3.8, 4) is 0 Å². The summed E-state index contributed by atoms with van der Waals surface area (Å²) in [7, 11) is 0. The molecule has 1 N–H and O–H groups in total. The smallest absolute Gasteiger partial charge is 0.318 e. The van der Waals surface area contributed by atoms with Crippen LogP contribution in [0.15, 0.2) is 42.6 Å². The van der Waals surface area contributed by atoms with Crippen LogP contribution >= 0.6 is 0 Å². The summed E-state index contributed by atoms with van der Waals surface area (Å²) in [5, 5.41) is 3.26. The Kier molecular flexibility index (Phi) is 5.23. The molecule has 2 aromatic heterocycles. The van der Waals surface area contributed by atoms with Gasteiger partial charge in [0.15, 0.2) is 0 Å². The van der Waals surface area contributed by atoms with E-state index in [9.17, 15) is 4.79 Å². The average molecular weight is 365 g/mol. The maximum Gasteiger partial charge on any atom is 0.318 e. The number of nitrogens with zero attached hydrogens (tertiary/aromatic N) is 4. The zero-order valence-corrected chi connectivity index (χ0v) is 15.8. The minimum absolute atomic E-state index is 0.0512. The second kappa shape index (κ2) is 7.94. The minimum atomic E-state index is 0.0512. The fraction of sp³-hybridized carbons (Fsp3) is 0.476. The van der Waals surface area contributed by atoms with Gasteiger partial charge < -0.3 is 15.1 Å². The Morgan fingerprint density at radius 2 is 1.96 bits per heavy atom. The van der Waals surface area contributed by atoms with Crippen LogP contribution in [0.4, 0.5) is 10.6 Å². The van der Waals surface area contributed by atoms with Gasteiger partial charge in [-0.2, -0.15) is 0 Å². The summed E-state index contributed by atoms with van der Waals surface area (Å²) in [5.74, 6) is 1.04. The largest absolute Gasteiger partial charge is 0.356 e. The second-order valence-electron chi connectivity index (χ2n) is 7.53. The number of nitrogens with one attached hydrogen (secondary N) is 1. The van der Waals surface area contributed by atoms with E-state index in [2.05, 4.69) is 32.3 Å². The van der Waals surface area contributed by atoms with Crippen LogP contribution in [-0.4, -0.2) is 46.1 Å². The van der Waals surface area contributed by atoms with Gasteiger partial charge in [0.25, 0.3) is 0 Å². The molecule has 0 radical (unpaired) electrons. The average Bonchev–Trinajstić information content (AvgIpc) is 3.52. The van der Waals surface area contributed by atoms with Crippen molar-refractivity contribution in [2.75, 3.05) is 18.0 Å². The lowest BCUT2D eigenvalue weighted by molar-refractivity contribution is 0.185. The molecule has 0 spiro atoms. The highest BCUT2D eigenvalue weighted by Crippen LogP contribution is 2.28. The molecule has 0 bridgehead atoms. The van der Waals surface area contributed by atoms with Crippen LogP contribution in [0.1, 0.15) is 37.1 Å². The first-order chi connectivity index (χ1) is 13.2. The molecule has 1 saturated heterocycles. The lowest BCUT2D eigenvalue weighted by Gasteiger charge is -2.34. The van der Waals surface area contributed by atoms with Crippen LogP contribution in [0.5, 0.6) is 0 Å². The number of hydrogen-bond acceptors (Lipinski definition) is 4. The molecule has 2 amide bonds. The molecule has 2 aliphatic rings. The van der Waals surface area contributed by atoms with Gasteiger partial charge in [-0.25, -0.2) is 9.78 Å². The first kappa shape index (κ1) is 17.8. The molecule has 6 nitrogen and oxygen atoms in total. The van der Waals surface area contributed by atoms with Crippen LogP contribution < -0.4 is 10.2 Å². The van der Waals surface area contributed by atoms with Crippen LogP contribution in [0.2, 0.25) is 0 Å². The van der Waals surface area contributed by atoms with Gasteiger partial charge in [-0.1, -0.05) is 12.1 Å². The van der Waals surface area contributed by atoms with Gasteiger partial charge in [0, 0.05) is 37.1 Å². The predicted octanol–water partition coefficient (Wildman–Crippen LogP) is 3.13. The third-order valence-corrected chi connectivity index (χ3v) is 5.33. The molecule has 1 aliphatic heterocycles. The van der Waals surface area contributed by atoms with Crippen LogP contribution in [-0.2, 0) is 6.54 Å². The number of urea groups is 1. The highest BCUT2D eigenvalue weighted by molar-refractivity contribution is 5.75. The van der Waals surface area contributed by atoms with Crippen molar-refractivity contribution >= 4 is 11.8 Å². The van der Waals surface area contributed by atoms with E-state index in [0.29, 0.717) is 12.6 Å². The molecule has 1 saturated carbocycles. The number of amides is 2. The number of hydrogen-bond donors (Lipinski definition) is 1. The summed E-state index contributed by atoms with van der Waals surface area (Å²) >= 11 is 0. The topological polar surface area (TPSA) is 61.4 Å². The number of carbonyl (C=O) groups is 1. The van der Waals surface area contributed by atoms with Crippen molar-refractivity contribution in [3.63, 3.8) is 0 Å². The van der Waals surface area contributed by atoms with Crippen LogP contribution in [0, 0.1) is 6.92 Å². The highest BCUT2D eigenvalue weighted by Gasteiger charge is 2.34. The van der Waals surface area contributed by atoms with E-state index in [1.807, 2.05) is 36.1 Å². The quantitative estimate of drug-likeness (QED) is 0.884. The number of carbonyl (C=O) groups excluding carboxylic acids is 1. The van der Waals surface area contributed by atoms with E-state index in [1.165, 1.54) is 0 Å². The van der Waals surface area contributed by atoms with Crippen molar-refractivity contribution in [3.05, 3.63) is 54.0 Å². The molecule has 2 aromatic rings. The number of rotatable bonds is 5. The van der Waals surface area contributed by atoms with Crippen molar-refractivity contribution in [2.45, 2.75) is 51.2 Å². The Morgan fingerprint density at radius 1 is 1.15 bits per heavy atom. The van der Waals surface area contributed by atoms with Crippen molar-refractivity contribution in [2.24, 2.45) is 0 Å². The highest BCUT2D eigenvalue weighted by atomic mass is 16.2. The molecule has 142 valence electrons. The van der Waals surface area contributed by atoms with E-state index in [1.54, 1.807) is 6.20 Å². The summed E-state index contributed by atoms with van der Waals surface area (Å²) in [5.41, 5.74) is 1.98. The standard InChI is InChI=1S/C21H27N5O/c1-16-5-4-7-20(23-16)25-13-10-17(11-14-25)24-21(27)26(19-8-9-19)15-18-6-2-3-12-22-18/h2-7,12,17,19H,8-11,13-15H2,1H3,(H,24,27). The maximum atomic E-state index is 12.9. The molecule has 2 fully saturated rings. The van der Waals surface area contributed by atoms with Crippen LogP contribution in [0.25, 0.3) is 0 Å². The Balaban J connectivity index is 1.31. The monoisotopic (exact) mass is 365 g/mol. The Morgan fingerprint density at radius 3 is 2.63 bits per heavy atom. The minimum Gasteiger partial charge on any atom is -0.356 e. The van der Waals surface area contributed by atoms with Crippen molar-refractivity contribution < 1.29 is 4.79 Å². The predicted molar refractivity (Wildman–Crippen MR) is 106 cm³/mol. The first-order valence-electron chi connectivity index (χ1n) is 9.85. The van der Waals surface area contributed by atoms with Gasteiger partial charge in [0.2, 0.25) is 0 Å². The SMILES string of the molecule is Cc1cccc(N2CCC(NC(=O)N(Cc3ccccn3)C3CC3)CC2)n1. The van der Waals surface area contributed by atoms with E-state index in [0.717, 1.165) is 56.0 Å². The summed E-state index contributed by atoms with van der Waals surface area (Å²) in [6.45, 7) is 4.45. The summed E-state index contributed by atoms with van der Waals surface area (Å²) in [6.07, 6.45) is 5.87. The molecule has 27 heavy (non-hydrogen) atoms. The molecule has 3 heterocycles. The Labute approximate surface area is 160 Å². The zero-order chi connectivity index (χ0) is 18.6. The molecule has 4 rings (SSSR count).